The van der Waals surface area contributed by atoms with E-state index in [1.165, 1.54) is 4.90 Å². The Bertz CT molecular complexity index is 895. The minimum absolute atomic E-state index is 0.00581. The number of likely N-dealkylation sites (N-methyl/N-ethyl adjacent to an activating group) is 1. The fourth-order valence-electron chi connectivity index (χ4n) is 4.50. The van der Waals surface area contributed by atoms with Crippen LogP contribution >= 0.6 is 0 Å². The standard InChI is InChI=1S/C21H27N5O/c1-21(19(27)26(2)20(22)25-21)13-14-6-5-8-16(12-14)23-18-11-10-15-7-3-4-9-17(15)24-18/h3-4,7,9-11,14,16H,5-6,8,12-13H2,1-2H3,(H2,22,25)(H,23,24)/t14-,16?,21+/m0/s1. The molecule has 2 aliphatic rings. The molecular formula is C21H27N5O. The van der Waals surface area contributed by atoms with Gasteiger partial charge in [0, 0.05) is 18.5 Å². The van der Waals surface area contributed by atoms with Crippen molar-refractivity contribution in [2.24, 2.45) is 16.6 Å². The summed E-state index contributed by atoms with van der Waals surface area (Å²) in [5.41, 5.74) is 6.15. The second kappa shape index (κ2) is 6.83. The van der Waals surface area contributed by atoms with Crippen molar-refractivity contribution in [1.82, 2.24) is 9.88 Å². The van der Waals surface area contributed by atoms with Crippen LogP contribution in [0.2, 0.25) is 0 Å². The van der Waals surface area contributed by atoms with Gasteiger partial charge >= 0.3 is 0 Å². The smallest absolute Gasteiger partial charge is 0.256 e. The number of nitrogens with two attached hydrogens (primary N) is 1. The molecule has 1 fully saturated rings. The number of nitrogens with zero attached hydrogens (tertiary/aromatic N) is 3. The maximum atomic E-state index is 12.5. The maximum absolute atomic E-state index is 12.5. The molecule has 1 aromatic heterocycles. The van der Waals surface area contributed by atoms with Crippen molar-refractivity contribution in [3.8, 4) is 0 Å². The minimum Gasteiger partial charge on any atom is -0.369 e. The van der Waals surface area contributed by atoms with Gasteiger partial charge in [-0.1, -0.05) is 31.0 Å². The van der Waals surface area contributed by atoms with Crippen molar-refractivity contribution in [2.75, 3.05) is 12.4 Å². The zero-order chi connectivity index (χ0) is 19.0. The summed E-state index contributed by atoms with van der Waals surface area (Å²) in [6, 6.07) is 12.7. The SMILES string of the molecule is CN1C(=O)[C@@](C)(C[C@H]2CCCC(Nc3ccc4ccccc4n3)C2)N=C1N. The Labute approximate surface area is 159 Å². The number of guanidine groups is 1. The fraction of sp³-hybridized carbons (Fsp3) is 0.476. The zero-order valence-corrected chi connectivity index (χ0v) is 16.0. The van der Waals surface area contributed by atoms with Gasteiger partial charge in [-0.2, -0.15) is 0 Å². The average Bonchev–Trinajstić information content (AvgIpc) is 2.84. The molecule has 1 saturated carbocycles. The Hall–Kier alpha value is -2.63. The number of carbonyl (C=O) groups excluding carboxylic acids is 1. The van der Waals surface area contributed by atoms with E-state index in [9.17, 15) is 4.79 Å². The molecule has 0 radical (unpaired) electrons. The number of aromatic nitrogens is 1. The highest BCUT2D eigenvalue weighted by Crippen LogP contribution is 2.36. The summed E-state index contributed by atoms with van der Waals surface area (Å²) in [4.78, 5) is 23.2. The van der Waals surface area contributed by atoms with Crippen molar-refractivity contribution in [3.05, 3.63) is 36.4 Å². The van der Waals surface area contributed by atoms with E-state index in [0.29, 0.717) is 17.9 Å². The first kappa shape index (κ1) is 17.8. The molecule has 0 saturated heterocycles. The van der Waals surface area contributed by atoms with Crippen LogP contribution in [0.5, 0.6) is 0 Å². The first-order valence-electron chi connectivity index (χ1n) is 9.70. The highest BCUT2D eigenvalue weighted by molar-refractivity contribution is 6.06. The van der Waals surface area contributed by atoms with Crippen LogP contribution in [0, 0.1) is 5.92 Å². The lowest BCUT2D eigenvalue weighted by Gasteiger charge is -2.33. The Balaban J connectivity index is 1.43. The average molecular weight is 365 g/mol. The summed E-state index contributed by atoms with van der Waals surface area (Å²) in [5, 5.41) is 4.75. The number of hydrogen-bond acceptors (Lipinski definition) is 5. The summed E-state index contributed by atoms with van der Waals surface area (Å²) in [6.45, 7) is 1.91. The molecule has 1 amide bonds. The van der Waals surface area contributed by atoms with Crippen LogP contribution in [0.4, 0.5) is 5.82 Å². The lowest BCUT2D eigenvalue weighted by atomic mass is 9.78. The van der Waals surface area contributed by atoms with Gasteiger partial charge in [0.25, 0.3) is 5.91 Å². The third-order valence-corrected chi connectivity index (χ3v) is 5.89. The third-order valence-electron chi connectivity index (χ3n) is 5.89. The Kier molecular flexibility index (Phi) is 4.50. The number of nitrogens with one attached hydrogen (secondary N) is 1. The van der Waals surface area contributed by atoms with Crippen molar-refractivity contribution in [2.45, 2.75) is 50.6 Å². The molecule has 0 spiro atoms. The lowest BCUT2D eigenvalue weighted by molar-refractivity contribution is -0.130. The van der Waals surface area contributed by atoms with Gasteiger partial charge in [-0.05, 0) is 50.3 Å². The van der Waals surface area contributed by atoms with E-state index in [1.54, 1.807) is 7.05 Å². The van der Waals surface area contributed by atoms with Crippen LogP contribution < -0.4 is 11.1 Å². The number of carbonyl (C=O) groups is 1. The number of fused-ring (bicyclic) bond motifs is 1. The van der Waals surface area contributed by atoms with Crippen molar-refractivity contribution in [3.63, 3.8) is 0 Å². The van der Waals surface area contributed by atoms with Gasteiger partial charge in [0.2, 0.25) is 0 Å². The Morgan fingerprint density at radius 1 is 1.26 bits per heavy atom. The molecule has 6 heteroatoms. The van der Waals surface area contributed by atoms with E-state index in [-0.39, 0.29) is 5.91 Å². The summed E-state index contributed by atoms with van der Waals surface area (Å²) in [7, 11) is 1.70. The molecule has 2 heterocycles. The second-order valence-electron chi connectivity index (χ2n) is 8.08. The van der Waals surface area contributed by atoms with Crippen molar-refractivity contribution >= 4 is 28.6 Å². The predicted molar refractivity (Wildman–Crippen MR) is 109 cm³/mol. The van der Waals surface area contributed by atoms with Crippen LogP contribution in [-0.4, -0.2) is 40.4 Å². The molecule has 3 atom stereocenters. The number of rotatable bonds is 4. The molecule has 27 heavy (non-hydrogen) atoms. The number of benzene rings is 1. The molecule has 1 unspecified atom stereocenters. The highest BCUT2D eigenvalue weighted by Gasteiger charge is 2.44. The first-order valence-corrected chi connectivity index (χ1v) is 9.70. The van der Waals surface area contributed by atoms with E-state index >= 15 is 0 Å². The number of hydrogen-bond donors (Lipinski definition) is 2. The van der Waals surface area contributed by atoms with Crippen LogP contribution in [0.1, 0.15) is 39.0 Å². The lowest BCUT2D eigenvalue weighted by Crippen LogP contribution is -2.42. The second-order valence-corrected chi connectivity index (χ2v) is 8.08. The summed E-state index contributed by atoms with van der Waals surface area (Å²) in [6.07, 6.45) is 5.18. The minimum atomic E-state index is -0.716. The molecule has 142 valence electrons. The van der Waals surface area contributed by atoms with Gasteiger partial charge in [0.1, 0.15) is 11.4 Å². The Morgan fingerprint density at radius 2 is 2.07 bits per heavy atom. The number of anilines is 1. The summed E-state index contributed by atoms with van der Waals surface area (Å²) in [5.74, 6) is 1.71. The molecule has 0 bridgehead atoms. The van der Waals surface area contributed by atoms with Gasteiger partial charge in [0.05, 0.1) is 5.52 Å². The van der Waals surface area contributed by atoms with E-state index in [2.05, 4.69) is 22.4 Å². The van der Waals surface area contributed by atoms with Gasteiger partial charge in [0.15, 0.2) is 5.96 Å². The zero-order valence-electron chi connectivity index (χ0n) is 16.0. The van der Waals surface area contributed by atoms with Crippen LogP contribution in [0.25, 0.3) is 10.9 Å². The molecule has 3 N–H and O–H groups in total. The molecule has 1 aromatic carbocycles. The van der Waals surface area contributed by atoms with Gasteiger partial charge < -0.3 is 11.1 Å². The molecule has 1 aliphatic heterocycles. The van der Waals surface area contributed by atoms with E-state index in [0.717, 1.165) is 48.8 Å². The van der Waals surface area contributed by atoms with E-state index in [4.69, 9.17) is 10.7 Å². The number of aliphatic imine (C=N–C) groups is 1. The van der Waals surface area contributed by atoms with Gasteiger partial charge in [-0.15, -0.1) is 0 Å². The number of amides is 1. The molecule has 2 aromatic rings. The monoisotopic (exact) mass is 365 g/mol. The fourth-order valence-corrected chi connectivity index (χ4v) is 4.50. The first-order chi connectivity index (χ1) is 12.9. The Morgan fingerprint density at radius 3 is 2.85 bits per heavy atom. The number of para-hydroxylation sites is 1. The van der Waals surface area contributed by atoms with Crippen LogP contribution in [0.15, 0.2) is 41.4 Å². The van der Waals surface area contributed by atoms with E-state index < -0.39 is 5.54 Å². The third kappa shape index (κ3) is 3.48. The normalized spacial score (nSPS) is 28.4. The van der Waals surface area contributed by atoms with Gasteiger partial charge in [-0.3, -0.25) is 9.69 Å². The molecule has 4 rings (SSSR count). The van der Waals surface area contributed by atoms with Crippen molar-refractivity contribution < 1.29 is 4.79 Å². The maximum Gasteiger partial charge on any atom is 0.256 e. The van der Waals surface area contributed by atoms with Gasteiger partial charge in [-0.25, -0.2) is 9.98 Å². The topological polar surface area (TPSA) is 83.6 Å². The quantitative estimate of drug-likeness (QED) is 0.872. The predicted octanol–water partition coefficient (Wildman–Crippen LogP) is 3.14. The van der Waals surface area contributed by atoms with Crippen LogP contribution in [-0.2, 0) is 4.79 Å². The number of pyridine rings is 1. The van der Waals surface area contributed by atoms with E-state index in [1.807, 2.05) is 31.2 Å². The molecular weight excluding hydrogens is 338 g/mol. The van der Waals surface area contributed by atoms with Crippen LogP contribution in [0.3, 0.4) is 0 Å². The molecule has 1 aliphatic carbocycles. The highest BCUT2D eigenvalue weighted by atomic mass is 16.2. The van der Waals surface area contributed by atoms with Crippen molar-refractivity contribution in [1.29, 1.82) is 0 Å². The summed E-state index contributed by atoms with van der Waals surface area (Å²) < 4.78 is 0. The summed E-state index contributed by atoms with van der Waals surface area (Å²) >= 11 is 0. The largest absolute Gasteiger partial charge is 0.369 e. The molecule has 6 nitrogen and oxygen atoms in total.